The number of halogens is 1. The van der Waals surface area contributed by atoms with Gasteiger partial charge in [-0.15, -0.1) is 22.7 Å². The molecule has 3 rings (SSSR count). The van der Waals surface area contributed by atoms with E-state index < -0.39 is 0 Å². The van der Waals surface area contributed by atoms with Gasteiger partial charge in [-0.25, -0.2) is 4.79 Å². The summed E-state index contributed by atoms with van der Waals surface area (Å²) in [7, 11) is 2.05. The Hall–Kier alpha value is -1.22. The van der Waals surface area contributed by atoms with Crippen molar-refractivity contribution in [3.8, 4) is 0 Å². The fraction of sp³-hybridized carbons (Fsp3) is 0.375. The van der Waals surface area contributed by atoms with Crippen LogP contribution in [0.15, 0.2) is 15.9 Å². The second kappa shape index (κ2) is 7.35. The van der Waals surface area contributed by atoms with Gasteiger partial charge in [0.2, 0.25) is 0 Å². The third-order valence-electron chi connectivity index (χ3n) is 3.75. The van der Waals surface area contributed by atoms with E-state index in [0.717, 1.165) is 33.7 Å². The van der Waals surface area contributed by atoms with Crippen molar-refractivity contribution < 1.29 is 14.3 Å². The topological polar surface area (TPSA) is 58.6 Å². The highest BCUT2D eigenvalue weighted by Crippen LogP contribution is 2.38. The molecule has 0 aliphatic carbocycles. The number of hydrogen-bond donors (Lipinski definition) is 1. The maximum absolute atomic E-state index is 12.5. The molecule has 2 aromatic heterocycles. The van der Waals surface area contributed by atoms with Gasteiger partial charge in [0.05, 0.1) is 20.8 Å². The van der Waals surface area contributed by atoms with Crippen molar-refractivity contribution in [2.24, 2.45) is 0 Å². The maximum Gasteiger partial charge on any atom is 0.341 e. The number of amides is 1. The summed E-state index contributed by atoms with van der Waals surface area (Å²) in [6.07, 6.45) is 0.789. The minimum Gasteiger partial charge on any atom is -0.462 e. The first kappa shape index (κ1) is 17.6. The molecule has 1 amide bonds. The predicted octanol–water partition coefficient (Wildman–Crippen LogP) is 3.99. The minimum atomic E-state index is -0.359. The molecule has 0 unspecified atom stereocenters. The zero-order chi connectivity index (χ0) is 17.3. The second-order valence-electron chi connectivity index (χ2n) is 5.47. The molecule has 8 heteroatoms. The van der Waals surface area contributed by atoms with Crippen LogP contribution in [0.4, 0.5) is 5.00 Å². The van der Waals surface area contributed by atoms with Gasteiger partial charge in [0.15, 0.2) is 0 Å². The van der Waals surface area contributed by atoms with Gasteiger partial charge in [0.1, 0.15) is 5.00 Å². The number of esters is 1. The highest BCUT2D eigenvalue weighted by Gasteiger charge is 2.28. The Morgan fingerprint density at radius 1 is 1.38 bits per heavy atom. The van der Waals surface area contributed by atoms with Crippen LogP contribution in [0.1, 0.15) is 37.4 Å². The number of carbonyl (C=O) groups excluding carboxylic acids is 2. The molecule has 1 aliphatic rings. The lowest BCUT2D eigenvalue weighted by molar-refractivity contribution is 0.0526. The third-order valence-corrected chi connectivity index (χ3v) is 6.51. The van der Waals surface area contributed by atoms with Crippen LogP contribution < -0.4 is 5.32 Å². The Morgan fingerprint density at radius 3 is 2.83 bits per heavy atom. The van der Waals surface area contributed by atoms with Gasteiger partial charge in [-0.05, 0) is 54.0 Å². The normalized spacial score (nSPS) is 14.3. The van der Waals surface area contributed by atoms with Crippen LogP contribution in [0, 0.1) is 0 Å². The number of carbonyl (C=O) groups is 2. The van der Waals surface area contributed by atoms with E-state index in [1.54, 1.807) is 13.0 Å². The number of rotatable bonds is 4. The van der Waals surface area contributed by atoms with E-state index in [1.165, 1.54) is 22.7 Å². The number of nitrogens with zero attached hydrogens (tertiary/aromatic N) is 1. The second-order valence-corrected chi connectivity index (χ2v) is 9.04. The summed E-state index contributed by atoms with van der Waals surface area (Å²) in [4.78, 5) is 28.8. The van der Waals surface area contributed by atoms with E-state index in [4.69, 9.17) is 4.74 Å². The molecule has 0 saturated heterocycles. The molecule has 0 radical (unpaired) electrons. The van der Waals surface area contributed by atoms with Gasteiger partial charge < -0.3 is 15.0 Å². The van der Waals surface area contributed by atoms with E-state index in [-0.39, 0.29) is 11.9 Å². The fourth-order valence-electron chi connectivity index (χ4n) is 2.64. The van der Waals surface area contributed by atoms with Crippen LogP contribution in [0.3, 0.4) is 0 Å². The van der Waals surface area contributed by atoms with Crippen molar-refractivity contribution >= 4 is 55.5 Å². The maximum atomic E-state index is 12.5. The van der Waals surface area contributed by atoms with E-state index >= 15 is 0 Å². The standard InChI is InChI=1S/C16H17BrN2O3S2/c1-3-22-16(21)13-9-6-7-19(2)8-11(9)24-15(13)18-14(20)10-4-5-12(17)23-10/h4-5H,3,6-8H2,1-2H3,(H,18,20). The van der Waals surface area contributed by atoms with Crippen molar-refractivity contribution in [3.63, 3.8) is 0 Å². The molecule has 2 aromatic rings. The quantitative estimate of drug-likeness (QED) is 0.747. The van der Waals surface area contributed by atoms with Crippen molar-refractivity contribution in [1.82, 2.24) is 4.90 Å². The van der Waals surface area contributed by atoms with Gasteiger partial charge in [-0.1, -0.05) is 0 Å². The summed E-state index contributed by atoms with van der Waals surface area (Å²) >= 11 is 6.19. The number of fused-ring (bicyclic) bond motifs is 1. The average Bonchev–Trinajstić information content (AvgIpc) is 3.10. The number of hydrogen-bond acceptors (Lipinski definition) is 6. The number of anilines is 1. The Bertz CT molecular complexity index is 784. The summed E-state index contributed by atoms with van der Waals surface area (Å²) in [5, 5.41) is 3.49. The Balaban J connectivity index is 1.94. The molecular weight excluding hydrogens is 412 g/mol. The molecule has 5 nitrogen and oxygen atoms in total. The molecule has 0 bridgehead atoms. The van der Waals surface area contributed by atoms with Gasteiger partial charge in [0, 0.05) is 18.0 Å². The number of nitrogens with one attached hydrogen (secondary N) is 1. The van der Waals surface area contributed by atoms with Crippen molar-refractivity contribution in [3.05, 3.63) is 36.8 Å². The highest BCUT2D eigenvalue weighted by atomic mass is 79.9. The molecule has 0 spiro atoms. The zero-order valence-corrected chi connectivity index (χ0v) is 16.6. The van der Waals surface area contributed by atoms with Gasteiger partial charge in [0.25, 0.3) is 5.91 Å². The summed E-state index contributed by atoms with van der Waals surface area (Å²) < 4.78 is 6.10. The smallest absolute Gasteiger partial charge is 0.341 e. The zero-order valence-electron chi connectivity index (χ0n) is 13.3. The van der Waals surface area contributed by atoms with Crippen molar-refractivity contribution in [2.75, 3.05) is 25.5 Å². The Kier molecular flexibility index (Phi) is 5.39. The predicted molar refractivity (Wildman–Crippen MR) is 100 cm³/mol. The molecule has 0 aromatic carbocycles. The lowest BCUT2D eigenvalue weighted by Crippen LogP contribution is -2.26. The molecule has 0 atom stereocenters. The van der Waals surface area contributed by atoms with E-state index in [1.807, 2.05) is 13.1 Å². The molecular formula is C16H17BrN2O3S2. The first-order chi connectivity index (χ1) is 11.5. The molecule has 128 valence electrons. The van der Waals surface area contributed by atoms with E-state index in [0.29, 0.717) is 22.0 Å². The van der Waals surface area contributed by atoms with Crippen molar-refractivity contribution in [2.45, 2.75) is 19.9 Å². The average molecular weight is 429 g/mol. The van der Waals surface area contributed by atoms with Crippen LogP contribution in [0.25, 0.3) is 0 Å². The van der Waals surface area contributed by atoms with E-state index in [2.05, 4.69) is 26.1 Å². The van der Waals surface area contributed by atoms with Crippen LogP contribution in [-0.4, -0.2) is 37.0 Å². The Labute approximate surface area is 156 Å². The monoisotopic (exact) mass is 428 g/mol. The summed E-state index contributed by atoms with van der Waals surface area (Å²) in [6, 6.07) is 3.59. The third kappa shape index (κ3) is 3.56. The summed E-state index contributed by atoms with van der Waals surface area (Å²) in [6.45, 7) is 3.77. The molecule has 24 heavy (non-hydrogen) atoms. The Morgan fingerprint density at radius 2 is 2.17 bits per heavy atom. The lowest BCUT2D eigenvalue weighted by Gasteiger charge is -2.22. The largest absolute Gasteiger partial charge is 0.462 e. The minimum absolute atomic E-state index is 0.205. The highest BCUT2D eigenvalue weighted by molar-refractivity contribution is 9.11. The number of thiophene rings is 2. The molecule has 0 saturated carbocycles. The number of ether oxygens (including phenoxy) is 1. The van der Waals surface area contributed by atoms with Crippen LogP contribution in [0.2, 0.25) is 0 Å². The van der Waals surface area contributed by atoms with Crippen LogP contribution in [-0.2, 0) is 17.7 Å². The molecule has 0 fully saturated rings. The SMILES string of the molecule is CCOC(=O)c1c(NC(=O)c2ccc(Br)s2)sc2c1CCN(C)C2. The molecule has 1 N–H and O–H groups in total. The van der Waals surface area contributed by atoms with Crippen LogP contribution >= 0.6 is 38.6 Å². The van der Waals surface area contributed by atoms with Gasteiger partial charge >= 0.3 is 5.97 Å². The number of likely N-dealkylation sites (N-methyl/N-ethyl adjacent to an activating group) is 1. The van der Waals surface area contributed by atoms with Gasteiger partial charge in [-0.3, -0.25) is 4.79 Å². The lowest BCUT2D eigenvalue weighted by atomic mass is 10.0. The van der Waals surface area contributed by atoms with Gasteiger partial charge in [-0.2, -0.15) is 0 Å². The molecule has 1 aliphatic heterocycles. The summed E-state index contributed by atoms with van der Waals surface area (Å²) in [5.41, 5.74) is 1.54. The summed E-state index contributed by atoms with van der Waals surface area (Å²) in [5.74, 6) is -0.564. The first-order valence-corrected chi connectivity index (χ1v) is 9.99. The van der Waals surface area contributed by atoms with Crippen molar-refractivity contribution in [1.29, 1.82) is 0 Å². The van der Waals surface area contributed by atoms with E-state index in [9.17, 15) is 9.59 Å². The van der Waals surface area contributed by atoms with Crippen LogP contribution in [0.5, 0.6) is 0 Å². The molecule has 3 heterocycles. The fourth-order valence-corrected chi connectivity index (χ4v) is 5.23. The first-order valence-electron chi connectivity index (χ1n) is 7.56.